The van der Waals surface area contributed by atoms with E-state index in [-0.39, 0.29) is 12.2 Å². The van der Waals surface area contributed by atoms with Crippen LogP contribution in [0.1, 0.15) is 28.5 Å². The van der Waals surface area contributed by atoms with Crippen LogP contribution in [0.2, 0.25) is 0 Å². The molecule has 1 heterocycles. The van der Waals surface area contributed by atoms with Crippen molar-refractivity contribution in [3.05, 3.63) is 74.1 Å². The van der Waals surface area contributed by atoms with Gasteiger partial charge >= 0.3 is 5.97 Å². The molecular weight excluding hydrogens is 384 g/mol. The second-order valence-corrected chi connectivity index (χ2v) is 6.57. The summed E-state index contributed by atoms with van der Waals surface area (Å²) in [7, 11) is 0. The molecule has 0 N–H and O–H groups in total. The molecule has 3 aromatic rings. The molecule has 0 amide bonds. The predicted molar refractivity (Wildman–Crippen MR) is 99.7 cm³/mol. The highest BCUT2D eigenvalue weighted by Gasteiger charge is 2.12. The first-order valence-corrected chi connectivity index (χ1v) is 8.71. The zero-order chi connectivity index (χ0) is 18.0. The lowest BCUT2D eigenvalue weighted by molar-refractivity contribution is 0.0473. The molecule has 2 aromatic carbocycles. The number of hydrogen-bond donors (Lipinski definition) is 0. The molecule has 0 radical (unpaired) electrons. The third-order valence-electron chi connectivity index (χ3n) is 3.94. The number of fused-ring (bicyclic) bond motifs is 1. The van der Waals surface area contributed by atoms with Gasteiger partial charge in [0.25, 0.3) is 5.56 Å². The quantitative estimate of drug-likeness (QED) is 0.624. The molecule has 128 valence electrons. The summed E-state index contributed by atoms with van der Waals surface area (Å²) in [6.45, 7) is 4.32. The molecule has 0 aliphatic heterocycles. The van der Waals surface area contributed by atoms with Gasteiger partial charge < -0.3 is 9.30 Å². The van der Waals surface area contributed by atoms with Crippen LogP contribution < -0.4 is 5.56 Å². The minimum atomic E-state index is -0.418. The summed E-state index contributed by atoms with van der Waals surface area (Å²) < 4.78 is 7.98. The smallest absolute Gasteiger partial charge is 0.338 e. The van der Waals surface area contributed by atoms with Crippen molar-refractivity contribution in [2.45, 2.75) is 27.0 Å². The maximum atomic E-state index is 12.3. The SMILES string of the molecule is CCn1c(=O)c(C)nc2cc(C(=O)OCc3ccc(Br)cc3)ccc21. The van der Waals surface area contributed by atoms with Gasteiger partial charge in [0.05, 0.1) is 16.6 Å². The van der Waals surface area contributed by atoms with Crippen molar-refractivity contribution < 1.29 is 9.53 Å². The number of aryl methyl sites for hydroxylation is 2. The number of nitrogens with zero attached hydrogens (tertiary/aromatic N) is 2. The van der Waals surface area contributed by atoms with Gasteiger partial charge in [-0.05, 0) is 49.7 Å². The molecule has 0 fully saturated rings. The summed E-state index contributed by atoms with van der Waals surface area (Å²) in [5.41, 5.74) is 2.94. The molecule has 0 saturated heterocycles. The molecule has 0 aliphatic carbocycles. The predicted octanol–water partition coefficient (Wildman–Crippen LogP) is 3.84. The lowest BCUT2D eigenvalue weighted by Gasteiger charge is -2.10. The molecule has 6 heteroatoms. The largest absolute Gasteiger partial charge is 0.457 e. The number of hydrogen-bond acceptors (Lipinski definition) is 4. The van der Waals surface area contributed by atoms with Gasteiger partial charge in [0.2, 0.25) is 0 Å². The third kappa shape index (κ3) is 3.64. The highest BCUT2D eigenvalue weighted by molar-refractivity contribution is 9.10. The Labute approximate surface area is 153 Å². The Kier molecular flexibility index (Phi) is 4.99. The van der Waals surface area contributed by atoms with Crippen LogP contribution in [0.4, 0.5) is 0 Å². The van der Waals surface area contributed by atoms with Gasteiger partial charge in [0.15, 0.2) is 0 Å². The summed E-state index contributed by atoms with van der Waals surface area (Å²) in [4.78, 5) is 28.7. The van der Waals surface area contributed by atoms with Crippen molar-refractivity contribution in [3.8, 4) is 0 Å². The van der Waals surface area contributed by atoms with Crippen LogP contribution in [0.3, 0.4) is 0 Å². The molecule has 0 unspecified atom stereocenters. The van der Waals surface area contributed by atoms with Crippen LogP contribution >= 0.6 is 15.9 Å². The number of esters is 1. The lowest BCUT2D eigenvalue weighted by atomic mass is 10.2. The van der Waals surface area contributed by atoms with Crippen molar-refractivity contribution in [3.63, 3.8) is 0 Å². The van der Waals surface area contributed by atoms with E-state index in [2.05, 4.69) is 20.9 Å². The number of halogens is 1. The summed E-state index contributed by atoms with van der Waals surface area (Å²) >= 11 is 3.37. The maximum absolute atomic E-state index is 12.3. The van der Waals surface area contributed by atoms with E-state index in [0.717, 1.165) is 10.0 Å². The Morgan fingerprint density at radius 2 is 1.92 bits per heavy atom. The highest BCUT2D eigenvalue weighted by Crippen LogP contribution is 2.16. The Hall–Kier alpha value is -2.47. The van der Waals surface area contributed by atoms with Crippen LogP contribution in [-0.4, -0.2) is 15.5 Å². The van der Waals surface area contributed by atoms with Gasteiger partial charge in [-0.25, -0.2) is 9.78 Å². The topological polar surface area (TPSA) is 61.2 Å². The maximum Gasteiger partial charge on any atom is 0.338 e. The summed E-state index contributed by atoms with van der Waals surface area (Å²) in [5, 5.41) is 0. The highest BCUT2D eigenvalue weighted by atomic mass is 79.9. The van der Waals surface area contributed by atoms with Crippen molar-refractivity contribution in [1.82, 2.24) is 9.55 Å². The first-order valence-electron chi connectivity index (χ1n) is 7.92. The summed E-state index contributed by atoms with van der Waals surface area (Å²) in [5.74, 6) is -0.418. The minimum absolute atomic E-state index is 0.111. The number of carbonyl (C=O) groups is 1. The Bertz CT molecular complexity index is 994. The summed E-state index contributed by atoms with van der Waals surface area (Å²) in [6, 6.07) is 12.6. The van der Waals surface area contributed by atoms with E-state index in [1.807, 2.05) is 31.2 Å². The number of ether oxygens (including phenoxy) is 1. The zero-order valence-corrected chi connectivity index (χ0v) is 15.5. The number of carbonyl (C=O) groups excluding carboxylic acids is 1. The van der Waals surface area contributed by atoms with Crippen LogP contribution in [0.15, 0.2) is 51.7 Å². The molecule has 3 rings (SSSR count). The fourth-order valence-corrected chi connectivity index (χ4v) is 2.89. The first-order chi connectivity index (χ1) is 12.0. The molecule has 0 spiro atoms. The van der Waals surface area contributed by atoms with Crippen LogP contribution in [0.5, 0.6) is 0 Å². The molecule has 5 nitrogen and oxygen atoms in total. The third-order valence-corrected chi connectivity index (χ3v) is 4.47. The van der Waals surface area contributed by atoms with E-state index in [0.29, 0.717) is 28.8 Å². The van der Waals surface area contributed by atoms with E-state index in [1.165, 1.54) is 0 Å². The number of rotatable bonds is 4. The molecule has 25 heavy (non-hydrogen) atoms. The van der Waals surface area contributed by atoms with Crippen molar-refractivity contribution >= 4 is 32.9 Å². The molecule has 1 aromatic heterocycles. The first kappa shape index (κ1) is 17.4. The van der Waals surface area contributed by atoms with Crippen molar-refractivity contribution in [1.29, 1.82) is 0 Å². The fourth-order valence-electron chi connectivity index (χ4n) is 2.63. The van der Waals surface area contributed by atoms with Crippen molar-refractivity contribution in [2.24, 2.45) is 0 Å². The normalized spacial score (nSPS) is 10.8. The van der Waals surface area contributed by atoms with Crippen LogP contribution in [0.25, 0.3) is 11.0 Å². The van der Waals surface area contributed by atoms with Gasteiger partial charge in [-0.15, -0.1) is 0 Å². The Balaban J connectivity index is 1.85. The monoisotopic (exact) mass is 400 g/mol. The van der Waals surface area contributed by atoms with Crippen LogP contribution in [0, 0.1) is 6.92 Å². The van der Waals surface area contributed by atoms with E-state index in [1.54, 1.807) is 29.7 Å². The Morgan fingerprint density at radius 1 is 1.20 bits per heavy atom. The zero-order valence-electron chi connectivity index (χ0n) is 14.0. The van der Waals surface area contributed by atoms with Crippen LogP contribution in [-0.2, 0) is 17.9 Å². The van der Waals surface area contributed by atoms with E-state index >= 15 is 0 Å². The van der Waals surface area contributed by atoms with Gasteiger partial charge in [-0.3, -0.25) is 4.79 Å². The molecule has 0 bridgehead atoms. The Morgan fingerprint density at radius 3 is 2.60 bits per heavy atom. The van der Waals surface area contributed by atoms with Crippen molar-refractivity contribution in [2.75, 3.05) is 0 Å². The molecular formula is C19H17BrN2O3. The second-order valence-electron chi connectivity index (χ2n) is 5.65. The fraction of sp³-hybridized carbons (Fsp3) is 0.211. The average molecular weight is 401 g/mol. The van der Waals surface area contributed by atoms with Gasteiger partial charge in [0.1, 0.15) is 12.3 Å². The standard InChI is InChI=1S/C19H17BrN2O3/c1-3-22-17-9-6-14(10-16(17)21-12(2)18(22)23)19(24)25-11-13-4-7-15(20)8-5-13/h4-10H,3,11H2,1-2H3. The molecule has 0 atom stereocenters. The van der Waals surface area contributed by atoms with E-state index < -0.39 is 5.97 Å². The van der Waals surface area contributed by atoms with E-state index in [9.17, 15) is 9.59 Å². The minimum Gasteiger partial charge on any atom is -0.457 e. The second kappa shape index (κ2) is 7.19. The molecule has 0 aliphatic rings. The lowest BCUT2D eigenvalue weighted by Crippen LogP contribution is -2.23. The number of benzene rings is 2. The van der Waals surface area contributed by atoms with Gasteiger partial charge in [0, 0.05) is 11.0 Å². The average Bonchev–Trinajstić information content (AvgIpc) is 2.61. The van der Waals surface area contributed by atoms with Gasteiger partial charge in [-0.2, -0.15) is 0 Å². The van der Waals surface area contributed by atoms with E-state index in [4.69, 9.17) is 4.74 Å². The summed E-state index contributed by atoms with van der Waals surface area (Å²) in [6.07, 6.45) is 0. The molecule has 0 saturated carbocycles. The number of aromatic nitrogens is 2. The van der Waals surface area contributed by atoms with Gasteiger partial charge in [-0.1, -0.05) is 28.1 Å².